The lowest BCUT2D eigenvalue weighted by atomic mass is 10.0. The van der Waals surface area contributed by atoms with Crippen LogP contribution >= 0.6 is 0 Å². The van der Waals surface area contributed by atoms with Gasteiger partial charge in [-0.1, -0.05) is 13.3 Å². The van der Waals surface area contributed by atoms with Gasteiger partial charge in [-0.25, -0.2) is 0 Å². The lowest BCUT2D eigenvalue weighted by Crippen LogP contribution is -2.36. The molecule has 2 N–H and O–H groups in total. The molecule has 1 atom stereocenters. The zero-order valence-electron chi connectivity index (χ0n) is 10.9. The lowest BCUT2D eigenvalue weighted by molar-refractivity contribution is -0.134. The van der Waals surface area contributed by atoms with Crippen molar-refractivity contribution < 1.29 is 9.21 Å². The Morgan fingerprint density at radius 1 is 1.53 bits per heavy atom. The average molecular weight is 238 g/mol. The second-order valence-corrected chi connectivity index (χ2v) is 4.43. The molecule has 4 heteroatoms. The summed E-state index contributed by atoms with van der Waals surface area (Å²) < 4.78 is 5.45. The van der Waals surface area contributed by atoms with Crippen molar-refractivity contribution in [2.75, 3.05) is 13.6 Å². The van der Waals surface area contributed by atoms with Crippen LogP contribution in [-0.4, -0.2) is 24.4 Å². The zero-order valence-corrected chi connectivity index (χ0v) is 10.9. The summed E-state index contributed by atoms with van der Waals surface area (Å²) in [6.07, 6.45) is 1.82. The largest absolute Gasteiger partial charge is 0.464 e. The first-order valence-corrected chi connectivity index (χ1v) is 6.08. The Bertz CT molecular complexity index is 360. The molecule has 0 aromatic carbocycles. The van der Waals surface area contributed by atoms with E-state index in [0.717, 1.165) is 24.4 Å². The van der Waals surface area contributed by atoms with E-state index in [4.69, 9.17) is 10.2 Å². The van der Waals surface area contributed by atoms with Crippen LogP contribution in [0.25, 0.3) is 0 Å². The molecule has 17 heavy (non-hydrogen) atoms. The maximum atomic E-state index is 12.1. The molecular formula is C13H22N2O2. The number of hydrogen-bond acceptors (Lipinski definition) is 3. The summed E-state index contributed by atoms with van der Waals surface area (Å²) in [7, 11) is 1.79. The standard InChI is InChI=1S/C13H22N2O2/c1-4-5-11(8-14)13(16)15(3)9-12-7-6-10(2)17-12/h6-7,11H,4-5,8-9,14H2,1-3H3. The molecule has 0 saturated carbocycles. The van der Waals surface area contributed by atoms with E-state index in [1.165, 1.54) is 0 Å². The molecule has 1 amide bonds. The molecule has 0 radical (unpaired) electrons. The molecule has 0 spiro atoms. The summed E-state index contributed by atoms with van der Waals surface area (Å²) in [5.41, 5.74) is 5.62. The van der Waals surface area contributed by atoms with E-state index in [1.807, 2.05) is 19.1 Å². The molecule has 1 unspecified atom stereocenters. The molecule has 0 aliphatic heterocycles. The molecule has 0 aliphatic carbocycles. The van der Waals surface area contributed by atoms with E-state index in [0.29, 0.717) is 13.1 Å². The van der Waals surface area contributed by atoms with Crippen molar-refractivity contribution in [3.05, 3.63) is 23.7 Å². The molecule has 0 bridgehead atoms. The van der Waals surface area contributed by atoms with Gasteiger partial charge in [0.1, 0.15) is 11.5 Å². The van der Waals surface area contributed by atoms with E-state index in [9.17, 15) is 4.79 Å². The van der Waals surface area contributed by atoms with Crippen LogP contribution in [0.15, 0.2) is 16.5 Å². The Morgan fingerprint density at radius 2 is 2.24 bits per heavy atom. The van der Waals surface area contributed by atoms with Gasteiger partial charge in [0, 0.05) is 13.6 Å². The molecular weight excluding hydrogens is 216 g/mol. The first-order valence-electron chi connectivity index (χ1n) is 6.08. The van der Waals surface area contributed by atoms with E-state index in [2.05, 4.69) is 6.92 Å². The monoisotopic (exact) mass is 238 g/mol. The Hall–Kier alpha value is -1.29. The summed E-state index contributed by atoms with van der Waals surface area (Å²) in [4.78, 5) is 13.8. The van der Waals surface area contributed by atoms with Crippen LogP contribution in [0.3, 0.4) is 0 Å². The predicted octanol–water partition coefficient (Wildman–Crippen LogP) is 1.92. The Kier molecular flexibility index (Phi) is 5.22. The van der Waals surface area contributed by atoms with Gasteiger partial charge in [-0.05, 0) is 25.5 Å². The lowest BCUT2D eigenvalue weighted by Gasteiger charge is -2.21. The van der Waals surface area contributed by atoms with E-state index in [-0.39, 0.29) is 11.8 Å². The van der Waals surface area contributed by atoms with Gasteiger partial charge in [-0.3, -0.25) is 4.79 Å². The summed E-state index contributed by atoms with van der Waals surface area (Å²) in [6.45, 7) is 4.87. The molecule has 0 fully saturated rings. The molecule has 4 nitrogen and oxygen atoms in total. The third-order valence-electron chi connectivity index (χ3n) is 2.84. The number of aryl methyl sites for hydroxylation is 1. The van der Waals surface area contributed by atoms with Gasteiger partial charge >= 0.3 is 0 Å². The number of furan rings is 1. The normalized spacial score (nSPS) is 12.5. The summed E-state index contributed by atoms with van der Waals surface area (Å²) in [5.74, 6) is 1.71. The van der Waals surface area contributed by atoms with Crippen LogP contribution in [0.4, 0.5) is 0 Å². The quantitative estimate of drug-likeness (QED) is 0.823. The number of rotatable bonds is 6. The van der Waals surface area contributed by atoms with Crippen molar-refractivity contribution in [1.29, 1.82) is 0 Å². The number of carbonyl (C=O) groups is 1. The molecule has 1 rings (SSSR count). The highest BCUT2D eigenvalue weighted by molar-refractivity contribution is 5.78. The van der Waals surface area contributed by atoms with Crippen molar-refractivity contribution >= 4 is 5.91 Å². The fourth-order valence-electron chi connectivity index (χ4n) is 1.88. The van der Waals surface area contributed by atoms with Crippen LogP contribution in [-0.2, 0) is 11.3 Å². The first-order chi connectivity index (χ1) is 8.08. The molecule has 0 aliphatic rings. The highest BCUT2D eigenvalue weighted by Crippen LogP contribution is 2.13. The maximum Gasteiger partial charge on any atom is 0.227 e. The zero-order chi connectivity index (χ0) is 12.8. The number of nitrogens with zero attached hydrogens (tertiary/aromatic N) is 1. The van der Waals surface area contributed by atoms with E-state index < -0.39 is 0 Å². The average Bonchev–Trinajstić information content (AvgIpc) is 2.70. The van der Waals surface area contributed by atoms with Gasteiger partial charge in [0.2, 0.25) is 5.91 Å². The second-order valence-electron chi connectivity index (χ2n) is 4.43. The number of amides is 1. The highest BCUT2D eigenvalue weighted by Gasteiger charge is 2.20. The van der Waals surface area contributed by atoms with Crippen LogP contribution in [0.1, 0.15) is 31.3 Å². The van der Waals surface area contributed by atoms with Gasteiger partial charge in [0.15, 0.2) is 0 Å². The van der Waals surface area contributed by atoms with Crippen LogP contribution in [0.5, 0.6) is 0 Å². The van der Waals surface area contributed by atoms with Crippen molar-refractivity contribution in [2.24, 2.45) is 11.7 Å². The minimum atomic E-state index is -0.0685. The molecule has 1 aromatic heterocycles. The van der Waals surface area contributed by atoms with Crippen LogP contribution in [0, 0.1) is 12.8 Å². The third kappa shape index (κ3) is 3.89. The minimum Gasteiger partial charge on any atom is -0.464 e. The molecule has 0 saturated heterocycles. The molecule has 1 aromatic rings. The van der Waals surface area contributed by atoms with Crippen molar-refractivity contribution in [1.82, 2.24) is 4.90 Å². The summed E-state index contributed by atoms with van der Waals surface area (Å²) in [5, 5.41) is 0. The van der Waals surface area contributed by atoms with E-state index in [1.54, 1.807) is 11.9 Å². The Morgan fingerprint density at radius 3 is 2.71 bits per heavy atom. The minimum absolute atomic E-state index is 0.0685. The number of hydrogen-bond donors (Lipinski definition) is 1. The van der Waals surface area contributed by atoms with Gasteiger partial charge < -0.3 is 15.1 Å². The number of carbonyl (C=O) groups excluding carboxylic acids is 1. The molecule has 1 heterocycles. The predicted molar refractivity (Wildman–Crippen MR) is 67.4 cm³/mol. The van der Waals surface area contributed by atoms with Gasteiger partial charge in [0.05, 0.1) is 12.5 Å². The number of nitrogens with two attached hydrogens (primary N) is 1. The summed E-state index contributed by atoms with van der Waals surface area (Å²) in [6, 6.07) is 3.80. The smallest absolute Gasteiger partial charge is 0.227 e. The first kappa shape index (κ1) is 13.8. The van der Waals surface area contributed by atoms with Crippen LogP contribution in [0.2, 0.25) is 0 Å². The fourth-order valence-corrected chi connectivity index (χ4v) is 1.88. The topological polar surface area (TPSA) is 59.5 Å². The second kappa shape index (κ2) is 6.45. The Labute approximate surface area is 103 Å². The fraction of sp³-hybridized carbons (Fsp3) is 0.615. The van der Waals surface area contributed by atoms with Gasteiger partial charge in [0.25, 0.3) is 0 Å². The van der Waals surface area contributed by atoms with Gasteiger partial charge in [-0.15, -0.1) is 0 Å². The SMILES string of the molecule is CCCC(CN)C(=O)N(C)Cc1ccc(C)o1. The summed E-state index contributed by atoms with van der Waals surface area (Å²) >= 11 is 0. The maximum absolute atomic E-state index is 12.1. The molecule has 96 valence electrons. The Balaban J connectivity index is 2.56. The van der Waals surface area contributed by atoms with Crippen molar-refractivity contribution in [2.45, 2.75) is 33.2 Å². The highest BCUT2D eigenvalue weighted by atomic mass is 16.3. The van der Waals surface area contributed by atoms with Crippen molar-refractivity contribution in [3.63, 3.8) is 0 Å². The van der Waals surface area contributed by atoms with Crippen molar-refractivity contribution in [3.8, 4) is 0 Å². The van der Waals surface area contributed by atoms with Crippen LogP contribution < -0.4 is 5.73 Å². The third-order valence-corrected chi connectivity index (χ3v) is 2.84. The van der Waals surface area contributed by atoms with E-state index >= 15 is 0 Å². The van der Waals surface area contributed by atoms with Gasteiger partial charge in [-0.2, -0.15) is 0 Å².